The number of aryl methyl sites for hydroxylation is 1. The fourth-order valence-electron chi connectivity index (χ4n) is 3.65. The van der Waals surface area contributed by atoms with Gasteiger partial charge in [-0.2, -0.15) is 0 Å². The van der Waals surface area contributed by atoms with Gasteiger partial charge in [-0.3, -0.25) is 0 Å². The van der Waals surface area contributed by atoms with Crippen molar-refractivity contribution >= 4 is 21.6 Å². The largest absolute Gasteiger partial charge is 0.301 e. The molecule has 1 unspecified atom stereocenters. The molecule has 2 N–H and O–H groups in total. The molecule has 0 saturated heterocycles. The molecule has 0 bridgehead atoms. The Kier molecular flexibility index (Phi) is 4.47. The maximum Gasteiger partial charge on any atom is 0.238 e. The smallest absolute Gasteiger partial charge is 0.238 e. The minimum Gasteiger partial charge on any atom is -0.301 e. The van der Waals surface area contributed by atoms with Crippen LogP contribution in [0.1, 0.15) is 33.7 Å². The molecule has 1 aliphatic heterocycles. The minimum absolute atomic E-state index is 0.0675. The fraction of sp³-hybridized carbons (Fsp3) is 0.333. The van der Waals surface area contributed by atoms with Crippen LogP contribution in [-0.4, -0.2) is 26.9 Å². The summed E-state index contributed by atoms with van der Waals surface area (Å²) in [4.78, 5) is 2.44. The Morgan fingerprint density at radius 2 is 1.92 bits per heavy atom. The van der Waals surface area contributed by atoms with E-state index in [1.807, 2.05) is 25.1 Å². The van der Waals surface area contributed by atoms with Crippen LogP contribution in [-0.2, 0) is 16.6 Å². The van der Waals surface area contributed by atoms with Crippen molar-refractivity contribution in [3.05, 3.63) is 63.2 Å². The van der Waals surface area contributed by atoms with Crippen LogP contribution in [0.15, 0.2) is 35.2 Å². The van der Waals surface area contributed by atoms with Crippen LogP contribution in [0.2, 0.25) is 5.02 Å². The Hall–Kier alpha value is -1.40. The van der Waals surface area contributed by atoms with E-state index in [4.69, 9.17) is 16.7 Å². The highest BCUT2D eigenvalue weighted by molar-refractivity contribution is 7.89. The van der Waals surface area contributed by atoms with E-state index < -0.39 is 10.0 Å². The summed E-state index contributed by atoms with van der Waals surface area (Å²) >= 11 is 6.29. The first-order chi connectivity index (χ1) is 11.2. The predicted molar refractivity (Wildman–Crippen MR) is 96.9 cm³/mol. The highest BCUT2D eigenvalue weighted by atomic mass is 35.5. The maximum absolute atomic E-state index is 11.9. The summed E-state index contributed by atoms with van der Waals surface area (Å²) in [7, 11) is -1.67. The van der Waals surface area contributed by atoms with E-state index in [1.165, 1.54) is 11.1 Å². The summed E-state index contributed by atoms with van der Waals surface area (Å²) in [5, 5.41) is 6.08. The molecule has 6 heteroatoms. The molecule has 2 aromatic carbocycles. The number of hydrogen-bond donors (Lipinski definition) is 1. The molecular formula is C18H21ClN2O2S. The molecular weight excluding hydrogens is 344 g/mol. The van der Waals surface area contributed by atoms with Crippen molar-refractivity contribution in [1.29, 1.82) is 0 Å². The molecule has 2 aromatic rings. The maximum atomic E-state index is 11.9. The molecule has 0 amide bonds. The standard InChI is InChI=1S/C18H21ClN2O2S/c1-11-7-13(19)8-15-16(11)9-21(3)10-17(15)14-5-4-6-18(12(14)2)24(20,22)23/h4-8,17H,9-10H2,1-3H3,(H2,20,22,23). The van der Waals surface area contributed by atoms with Gasteiger partial charge in [0.05, 0.1) is 4.90 Å². The summed E-state index contributed by atoms with van der Waals surface area (Å²) < 4.78 is 23.7. The first kappa shape index (κ1) is 17.4. The van der Waals surface area contributed by atoms with Crippen LogP contribution in [0.25, 0.3) is 0 Å². The topological polar surface area (TPSA) is 63.4 Å². The molecule has 0 radical (unpaired) electrons. The van der Waals surface area contributed by atoms with E-state index in [2.05, 4.69) is 18.9 Å². The first-order valence-electron chi connectivity index (χ1n) is 7.78. The number of likely N-dealkylation sites (N-methyl/N-ethyl adjacent to an activating group) is 1. The lowest BCUT2D eigenvalue weighted by Crippen LogP contribution is -2.32. The number of hydrogen-bond acceptors (Lipinski definition) is 3. The van der Waals surface area contributed by atoms with Crippen LogP contribution < -0.4 is 5.14 Å². The van der Waals surface area contributed by atoms with Crippen molar-refractivity contribution in [2.45, 2.75) is 31.2 Å². The fourth-order valence-corrected chi connectivity index (χ4v) is 4.75. The number of fused-ring (bicyclic) bond motifs is 1. The Morgan fingerprint density at radius 3 is 2.58 bits per heavy atom. The van der Waals surface area contributed by atoms with Gasteiger partial charge in [0, 0.05) is 24.0 Å². The zero-order valence-corrected chi connectivity index (χ0v) is 15.6. The van der Waals surface area contributed by atoms with Crippen molar-refractivity contribution in [3.8, 4) is 0 Å². The van der Waals surface area contributed by atoms with Crippen molar-refractivity contribution in [2.24, 2.45) is 5.14 Å². The third-order valence-electron chi connectivity index (χ3n) is 4.78. The summed E-state index contributed by atoms with van der Waals surface area (Å²) in [6.45, 7) is 5.56. The highest BCUT2D eigenvalue weighted by Crippen LogP contribution is 2.38. The Balaban J connectivity index is 2.22. The Labute approximate surface area is 148 Å². The van der Waals surface area contributed by atoms with Gasteiger partial charge in [-0.05, 0) is 66.9 Å². The van der Waals surface area contributed by atoms with Gasteiger partial charge in [-0.15, -0.1) is 0 Å². The first-order valence-corrected chi connectivity index (χ1v) is 9.70. The van der Waals surface area contributed by atoms with Gasteiger partial charge in [0.2, 0.25) is 10.0 Å². The normalized spacial score (nSPS) is 18.5. The average molecular weight is 365 g/mol. The highest BCUT2D eigenvalue weighted by Gasteiger charge is 2.28. The molecule has 0 aliphatic carbocycles. The van der Waals surface area contributed by atoms with Crippen molar-refractivity contribution < 1.29 is 8.42 Å². The summed E-state index contributed by atoms with van der Waals surface area (Å²) in [5.41, 5.74) is 5.29. The van der Waals surface area contributed by atoms with Gasteiger partial charge in [-0.25, -0.2) is 13.6 Å². The molecule has 0 spiro atoms. The van der Waals surface area contributed by atoms with Crippen molar-refractivity contribution in [1.82, 2.24) is 4.90 Å². The van der Waals surface area contributed by atoms with Gasteiger partial charge >= 0.3 is 0 Å². The Bertz CT molecular complexity index is 909. The van der Waals surface area contributed by atoms with Crippen LogP contribution in [0.4, 0.5) is 0 Å². The second kappa shape index (κ2) is 6.15. The van der Waals surface area contributed by atoms with Crippen LogP contribution >= 0.6 is 11.6 Å². The number of sulfonamides is 1. The number of rotatable bonds is 2. The van der Waals surface area contributed by atoms with Gasteiger partial charge < -0.3 is 4.90 Å². The van der Waals surface area contributed by atoms with Crippen molar-refractivity contribution in [2.75, 3.05) is 13.6 Å². The molecule has 0 fully saturated rings. The van der Waals surface area contributed by atoms with Gasteiger partial charge in [0.15, 0.2) is 0 Å². The van der Waals surface area contributed by atoms with E-state index in [0.717, 1.165) is 24.2 Å². The average Bonchev–Trinajstić information content (AvgIpc) is 2.46. The molecule has 3 rings (SSSR count). The van der Waals surface area contributed by atoms with Gasteiger partial charge in [0.1, 0.15) is 0 Å². The number of halogens is 1. The molecule has 4 nitrogen and oxygen atoms in total. The molecule has 0 saturated carbocycles. The lowest BCUT2D eigenvalue weighted by Gasteiger charge is -2.34. The van der Waals surface area contributed by atoms with Gasteiger partial charge in [0.25, 0.3) is 0 Å². The lowest BCUT2D eigenvalue weighted by molar-refractivity contribution is 0.294. The third kappa shape index (κ3) is 3.09. The minimum atomic E-state index is -3.74. The molecule has 0 aromatic heterocycles. The predicted octanol–water partition coefficient (Wildman–Crippen LogP) is 3.18. The zero-order valence-electron chi connectivity index (χ0n) is 14.0. The number of nitrogens with zero attached hydrogens (tertiary/aromatic N) is 1. The summed E-state index contributed by atoms with van der Waals surface area (Å²) in [6.07, 6.45) is 0. The summed E-state index contributed by atoms with van der Waals surface area (Å²) in [6, 6.07) is 9.28. The van der Waals surface area contributed by atoms with Crippen LogP contribution in [0.5, 0.6) is 0 Å². The molecule has 1 atom stereocenters. The monoisotopic (exact) mass is 364 g/mol. The van der Waals surface area contributed by atoms with E-state index in [0.29, 0.717) is 10.6 Å². The van der Waals surface area contributed by atoms with E-state index in [9.17, 15) is 8.42 Å². The molecule has 1 aliphatic rings. The molecule has 128 valence electrons. The summed E-state index contributed by atoms with van der Waals surface area (Å²) in [5.74, 6) is 0.0675. The quantitative estimate of drug-likeness (QED) is 0.890. The van der Waals surface area contributed by atoms with Crippen LogP contribution in [0, 0.1) is 13.8 Å². The molecule has 24 heavy (non-hydrogen) atoms. The number of primary sulfonamides is 1. The third-order valence-corrected chi connectivity index (χ3v) is 6.05. The SMILES string of the molecule is Cc1cc(Cl)cc2c1CN(C)CC2c1cccc(S(N)(=O)=O)c1C. The van der Waals surface area contributed by atoms with E-state index >= 15 is 0 Å². The zero-order chi connectivity index (χ0) is 17.6. The molecule has 1 heterocycles. The van der Waals surface area contributed by atoms with Gasteiger partial charge in [-0.1, -0.05) is 23.7 Å². The Morgan fingerprint density at radius 1 is 1.21 bits per heavy atom. The van der Waals surface area contributed by atoms with Crippen LogP contribution in [0.3, 0.4) is 0 Å². The lowest BCUT2D eigenvalue weighted by atomic mass is 9.81. The second-order valence-corrected chi connectivity index (χ2v) is 8.52. The second-order valence-electron chi connectivity index (χ2n) is 6.56. The number of benzene rings is 2. The van der Waals surface area contributed by atoms with Crippen molar-refractivity contribution in [3.63, 3.8) is 0 Å². The van der Waals surface area contributed by atoms with E-state index in [1.54, 1.807) is 12.1 Å². The number of nitrogens with two attached hydrogens (primary N) is 1. The van der Waals surface area contributed by atoms with E-state index in [-0.39, 0.29) is 10.8 Å².